The van der Waals surface area contributed by atoms with E-state index in [1.54, 1.807) is 12.3 Å². The van der Waals surface area contributed by atoms with Gasteiger partial charge in [0, 0.05) is 12.7 Å². The van der Waals surface area contributed by atoms with Gasteiger partial charge in [-0.15, -0.1) is 0 Å². The van der Waals surface area contributed by atoms with Crippen LogP contribution in [0.2, 0.25) is 5.02 Å². The highest BCUT2D eigenvalue weighted by Gasteiger charge is 2.28. The number of nitrogens with one attached hydrogen (secondary N) is 2. The van der Waals surface area contributed by atoms with E-state index in [0.29, 0.717) is 17.4 Å². The zero-order valence-electron chi connectivity index (χ0n) is 10.2. The molecule has 100 valence electrons. The van der Waals surface area contributed by atoms with Gasteiger partial charge in [0.2, 0.25) is 0 Å². The van der Waals surface area contributed by atoms with E-state index in [9.17, 15) is 0 Å². The van der Waals surface area contributed by atoms with Gasteiger partial charge in [-0.25, -0.2) is 9.97 Å². The molecule has 0 amide bonds. The van der Waals surface area contributed by atoms with E-state index in [4.69, 9.17) is 16.3 Å². The molecule has 3 rings (SSSR count). The molecule has 2 N–H and O–H groups in total. The molecule has 2 aromatic rings. The number of hydrogen-bond donors (Lipinski definition) is 2. The quantitative estimate of drug-likeness (QED) is 0.897. The topological polar surface area (TPSA) is 75.7 Å². The highest BCUT2D eigenvalue weighted by atomic mass is 35.5. The largest absolute Gasteiger partial charge is 0.366 e. The van der Waals surface area contributed by atoms with Crippen LogP contribution in [0.4, 0.5) is 5.82 Å². The van der Waals surface area contributed by atoms with Gasteiger partial charge in [-0.2, -0.15) is 5.10 Å². The van der Waals surface area contributed by atoms with Crippen molar-refractivity contribution >= 4 is 17.4 Å². The lowest BCUT2D eigenvalue weighted by atomic mass is 10.2. The third kappa shape index (κ3) is 2.85. The zero-order valence-corrected chi connectivity index (χ0v) is 11.0. The van der Waals surface area contributed by atoms with E-state index in [1.807, 2.05) is 6.07 Å². The minimum Gasteiger partial charge on any atom is -0.366 e. The molecule has 7 heteroatoms. The first-order valence-corrected chi connectivity index (χ1v) is 6.56. The van der Waals surface area contributed by atoms with Crippen LogP contribution in [0.1, 0.15) is 24.8 Å². The van der Waals surface area contributed by atoms with Crippen molar-refractivity contribution in [2.75, 3.05) is 11.9 Å². The molecule has 3 heterocycles. The Morgan fingerprint density at radius 2 is 2.37 bits per heavy atom. The van der Waals surface area contributed by atoms with Gasteiger partial charge in [0.05, 0.1) is 11.1 Å². The van der Waals surface area contributed by atoms with Crippen molar-refractivity contribution in [3.63, 3.8) is 0 Å². The molecular weight excluding hydrogens is 266 g/mol. The first-order chi connectivity index (χ1) is 9.33. The summed E-state index contributed by atoms with van der Waals surface area (Å²) in [7, 11) is 0. The van der Waals surface area contributed by atoms with Crippen LogP contribution in [0.25, 0.3) is 0 Å². The van der Waals surface area contributed by atoms with Gasteiger partial charge in [-0.05, 0) is 25.0 Å². The van der Waals surface area contributed by atoms with Crippen molar-refractivity contribution in [3.05, 3.63) is 35.5 Å². The van der Waals surface area contributed by atoms with Crippen LogP contribution in [0.3, 0.4) is 0 Å². The predicted molar refractivity (Wildman–Crippen MR) is 71.0 cm³/mol. The standard InChI is InChI=1S/C12H14ClN5O/c13-9-2-1-5-14-11(9)15-6-8-3-4-10(19-8)12-16-7-17-18-12/h1-2,5,7-8,10H,3-4,6H2,(H,14,15)(H,16,17,18)/t8-,10+/m1/s1. The number of pyridine rings is 1. The zero-order chi connectivity index (χ0) is 13.1. The van der Waals surface area contributed by atoms with Crippen molar-refractivity contribution in [2.45, 2.75) is 25.0 Å². The van der Waals surface area contributed by atoms with Crippen molar-refractivity contribution in [2.24, 2.45) is 0 Å². The van der Waals surface area contributed by atoms with Crippen LogP contribution in [-0.4, -0.2) is 32.8 Å². The van der Waals surface area contributed by atoms with Crippen LogP contribution >= 0.6 is 11.6 Å². The Kier molecular flexibility index (Phi) is 3.61. The van der Waals surface area contributed by atoms with Gasteiger partial charge in [0.15, 0.2) is 5.82 Å². The molecule has 0 aliphatic carbocycles. The normalized spacial score (nSPS) is 22.6. The van der Waals surface area contributed by atoms with E-state index >= 15 is 0 Å². The molecule has 0 bridgehead atoms. The summed E-state index contributed by atoms with van der Waals surface area (Å²) in [5.74, 6) is 1.48. The fourth-order valence-electron chi connectivity index (χ4n) is 2.15. The molecular formula is C12H14ClN5O. The first-order valence-electron chi connectivity index (χ1n) is 6.18. The summed E-state index contributed by atoms with van der Waals surface area (Å²) >= 11 is 6.03. The number of aromatic amines is 1. The fraction of sp³-hybridized carbons (Fsp3) is 0.417. The minimum absolute atomic E-state index is 0.00787. The molecule has 0 unspecified atom stereocenters. The number of hydrogen-bond acceptors (Lipinski definition) is 5. The molecule has 1 aliphatic rings. The Labute approximate surface area is 115 Å². The van der Waals surface area contributed by atoms with Crippen LogP contribution in [-0.2, 0) is 4.74 Å². The van der Waals surface area contributed by atoms with Crippen molar-refractivity contribution in [1.82, 2.24) is 20.2 Å². The molecule has 1 saturated heterocycles. The van der Waals surface area contributed by atoms with E-state index in [2.05, 4.69) is 25.5 Å². The Balaban J connectivity index is 1.54. The molecule has 0 aromatic carbocycles. The summed E-state index contributed by atoms with van der Waals surface area (Å²) in [6.45, 7) is 0.682. The number of H-pyrrole nitrogens is 1. The molecule has 2 atom stereocenters. The molecule has 6 nitrogen and oxygen atoms in total. The SMILES string of the molecule is Clc1cccnc1NC[C@H]1CC[C@@H](c2ncn[nH]2)O1. The lowest BCUT2D eigenvalue weighted by molar-refractivity contribution is 0.0472. The summed E-state index contributed by atoms with van der Waals surface area (Å²) in [5, 5.41) is 10.5. The second-order valence-electron chi connectivity index (χ2n) is 4.41. The number of aromatic nitrogens is 4. The summed E-state index contributed by atoms with van der Waals surface area (Å²) in [6, 6.07) is 3.61. The van der Waals surface area contributed by atoms with Crippen molar-refractivity contribution < 1.29 is 4.74 Å². The molecule has 1 fully saturated rings. The van der Waals surface area contributed by atoms with Crippen molar-refractivity contribution in [3.8, 4) is 0 Å². The van der Waals surface area contributed by atoms with E-state index in [0.717, 1.165) is 18.7 Å². The molecule has 0 radical (unpaired) electrons. The molecule has 0 spiro atoms. The molecule has 2 aromatic heterocycles. The fourth-order valence-corrected chi connectivity index (χ4v) is 2.34. The maximum absolute atomic E-state index is 6.03. The molecule has 1 aliphatic heterocycles. The van der Waals surface area contributed by atoms with Crippen LogP contribution < -0.4 is 5.32 Å². The van der Waals surface area contributed by atoms with Gasteiger partial charge in [0.25, 0.3) is 0 Å². The summed E-state index contributed by atoms with van der Waals surface area (Å²) in [5.41, 5.74) is 0. The molecule has 0 saturated carbocycles. The Bertz CT molecular complexity index is 533. The number of ether oxygens (including phenoxy) is 1. The van der Waals surface area contributed by atoms with E-state index in [1.165, 1.54) is 6.33 Å². The molecule has 19 heavy (non-hydrogen) atoms. The van der Waals surface area contributed by atoms with E-state index in [-0.39, 0.29) is 12.2 Å². The first kappa shape index (κ1) is 12.4. The smallest absolute Gasteiger partial charge is 0.153 e. The summed E-state index contributed by atoms with van der Waals surface area (Å²) < 4.78 is 5.90. The third-order valence-corrected chi connectivity index (χ3v) is 3.41. The monoisotopic (exact) mass is 279 g/mol. The Hall–Kier alpha value is -1.66. The number of nitrogens with zero attached hydrogens (tertiary/aromatic N) is 3. The minimum atomic E-state index is 0.00787. The second kappa shape index (κ2) is 5.54. The average molecular weight is 280 g/mol. The van der Waals surface area contributed by atoms with Gasteiger partial charge in [0.1, 0.15) is 18.2 Å². The Morgan fingerprint density at radius 1 is 1.42 bits per heavy atom. The third-order valence-electron chi connectivity index (χ3n) is 3.10. The number of halogens is 1. The second-order valence-corrected chi connectivity index (χ2v) is 4.82. The number of rotatable bonds is 4. The summed E-state index contributed by atoms with van der Waals surface area (Å²) in [4.78, 5) is 8.30. The van der Waals surface area contributed by atoms with Crippen LogP contribution in [0, 0.1) is 0 Å². The number of anilines is 1. The highest BCUT2D eigenvalue weighted by molar-refractivity contribution is 6.32. The van der Waals surface area contributed by atoms with E-state index < -0.39 is 0 Å². The lowest BCUT2D eigenvalue weighted by Gasteiger charge is -2.13. The highest BCUT2D eigenvalue weighted by Crippen LogP contribution is 2.30. The predicted octanol–water partition coefficient (Wildman–Crippen LogP) is 2.19. The summed E-state index contributed by atoms with van der Waals surface area (Å²) in [6.07, 6.45) is 5.26. The van der Waals surface area contributed by atoms with Crippen molar-refractivity contribution in [1.29, 1.82) is 0 Å². The van der Waals surface area contributed by atoms with Crippen LogP contribution in [0.15, 0.2) is 24.7 Å². The van der Waals surface area contributed by atoms with Crippen LogP contribution in [0.5, 0.6) is 0 Å². The Morgan fingerprint density at radius 3 is 3.16 bits per heavy atom. The maximum Gasteiger partial charge on any atom is 0.153 e. The van der Waals surface area contributed by atoms with Gasteiger partial charge < -0.3 is 10.1 Å². The maximum atomic E-state index is 6.03. The van der Waals surface area contributed by atoms with Gasteiger partial charge in [-0.3, -0.25) is 5.10 Å². The van der Waals surface area contributed by atoms with Gasteiger partial charge in [-0.1, -0.05) is 11.6 Å². The van der Waals surface area contributed by atoms with Gasteiger partial charge >= 0.3 is 0 Å². The lowest BCUT2D eigenvalue weighted by Crippen LogP contribution is -2.19. The average Bonchev–Trinajstić information content (AvgIpc) is 3.09.